The number of ether oxygens (including phenoxy) is 2. The second-order valence-corrected chi connectivity index (χ2v) is 6.61. The summed E-state index contributed by atoms with van der Waals surface area (Å²) in [5.74, 6) is 0.493. The summed E-state index contributed by atoms with van der Waals surface area (Å²) in [4.78, 5) is 12.8. The molecule has 1 atom stereocenters. The molecule has 0 aliphatic carbocycles. The van der Waals surface area contributed by atoms with Crippen molar-refractivity contribution < 1.29 is 24.1 Å². The molecule has 1 aromatic heterocycles. The Labute approximate surface area is 162 Å². The van der Waals surface area contributed by atoms with Gasteiger partial charge in [-0.05, 0) is 25.1 Å². The third kappa shape index (κ3) is 4.21. The average Bonchev–Trinajstić information content (AvgIpc) is 2.69. The van der Waals surface area contributed by atoms with Crippen molar-refractivity contribution in [2.45, 2.75) is 25.9 Å². The smallest absolute Gasteiger partial charge is 0.204 e. The van der Waals surface area contributed by atoms with Gasteiger partial charge in [-0.25, -0.2) is 0 Å². The number of rotatable bonds is 9. The summed E-state index contributed by atoms with van der Waals surface area (Å²) in [5.41, 5.74) is 0.145. The van der Waals surface area contributed by atoms with E-state index in [1.165, 1.54) is 19.2 Å². The summed E-state index contributed by atoms with van der Waals surface area (Å²) in [6.07, 6.45) is 1.43. The first kappa shape index (κ1) is 20.0. The Balaban J connectivity index is 1.85. The molecule has 7 nitrogen and oxygen atoms in total. The van der Waals surface area contributed by atoms with E-state index in [-0.39, 0.29) is 28.8 Å². The molecular weight excluding hydrogens is 362 g/mol. The summed E-state index contributed by atoms with van der Waals surface area (Å²) in [5, 5.41) is 23.9. The first-order chi connectivity index (χ1) is 13.5. The maximum atomic E-state index is 12.8. The number of benzene rings is 2. The zero-order valence-electron chi connectivity index (χ0n) is 16.0. The van der Waals surface area contributed by atoms with E-state index in [4.69, 9.17) is 13.9 Å². The van der Waals surface area contributed by atoms with Gasteiger partial charge in [0.1, 0.15) is 35.2 Å². The second-order valence-electron chi connectivity index (χ2n) is 6.61. The Morgan fingerprint density at radius 2 is 2.11 bits per heavy atom. The molecule has 3 rings (SSSR count). The van der Waals surface area contributed by atoms with Crippen LogP contribution in [-0.4, -0.2) is 43.1 Å². The largest absolute Gasteiger partial charge is 0.507 e. The van der Waals surface area contributed by atoms with Crippen molar-refractivity contribution in [3.05, 3.63) is 40.6 Å². The quantitative estimate of drug-likeness (QED) is 0.383. The molecule has 7 heteroatoms. The minimum absolute atomic E-state index is 0.0468. The number of nitrogens with one attached hydrogen (secondary N) is 1. The monoisotopic (exact) mass is 387 g/mol. The van der Waals surface area contributed by atoms with Crippen LogP contribution in [0.3, 0.4) is 0 Å². The third-order valence-electron chi connectivity index (χ3n) is 4.47. The fraction of sp³-hybridized carbons (Fsp3) is 0.381. The standard InChI is InChI=1S/C21H25NO6/c1-3-4-8-22-11-13(23)12-27-14-9-16(24)19-18(10-14)28-21-15(20(19)25)6-5-7-17(21)26-2/h5-7,9-10,13,22-24H,3-4,8,11-12H2,1-2H3. The number of hydrogen-bond donors (Lipinski definition) is 3. The van der Waals surface area contributed by atoms with Gasteiger partial charge >= 0.3 is 0 Å². The highest BCUT2D eigenvalue weighted by Crippen LogP contribution is 2.33. The first-order valence-electron chi connectivity index (χ1n) is 9.33. The minimum atomic E-state index is -0.696. The predicted octanol–water partition coefficient (Wildman–Crippen LogP) is 2.79. The fourth-order valence-electron chi connectivity index (χ4n) is 3.00. The molecule has 0 saturated carbocycles. The Bertz CT molecular complexity index is 1010. The van der Waals surface area contributed by atoms with Crippen LogP contribution in [0.5, 0.6) is 17.2 Å². The molecule has 3 N–H and O–H groups in total. The molecule has 0 amide bonds. The van der Waals surface area contributed by atoms with Crippen molar-refractivity contribution in [3.8, 4) is 17.2 Å². The van der Waals surface area contributed by atoms with Gasteiger partial charge in [0.25, 0.3) is 0 Å². The molecule has 3 aromatic rings. The molecule has 0 radical (unpaired) electrons. The molecule has 1 unspecified atom stereocenters. The highest BCUT2D eigenvalue weighted by molar-refractivity contribution is 5.95. The van der Waals surface area contributed by atoms with Crippen LogP contribution in [0.15, 0.2) is 39.5 Å². The van der Waals surface area contributed by atoms with E-state index in [1.54, 1.807) is 18.2 Å². The summed E-state index contributed by atoms with van der Waals surface area (Å²) >= 11 is 0. The molecule has 0 aliphatic rings. The highest BCUT2D eigenvalue weighted by atomic mass is 16.5. The number of aliphatic hydroxyl groups excluding tert-OH is 1. The Hall–Kier alpha value is -2.77. The maximum Gasteiger partial charge on any atom is 0.204 e. The SMILES string of the molecule is CCCCNCC(O)COc1cc(O)c2c(=O)c3cccc(OC)c3oc2c1. The van der Waals surface area contributed by atoms with E-state index < -0.39 is 6.10 Å². The first-order valence-corrected chi connectivity index (χ1v) is 9.33. The molecule has 2 aromatic carbocycles. The topological polar surface area (TPSA) is 101 Å². The molecule has 0 spiro atoms. The summed E-state index contributed by atoms with van der Waals surface area (Å²) in [7, 11) is 1.49. The Morgan fingerprint density at radius 3 is 2.86 bits per heavy atom. The number of unbranched alkanes of at least 4 members (excludes halogenated alkanes) is 1. The van der Waals surface area contributed by atoms with E-state index in [9.17, 15) is 15.0 Å². The van der Waals surface area contributed by atoms with E-state index >= 15 is 0 Å². The maximum absolute atomic E-state index is 12.8. The number of phenols is 1. The van der Waals surface area contributed by atoms with Gasteiger partial charge in [0.15, 0.2) is 11.3 Å². The van der Waals surface area contributed by atoms with Gasteiger partial charge < -0.3 is 29.4 Å². The number of para-hydroxylation sites is 1. The van der Waals surface area contributed by atoms with Gasteiger partial charge in [-0.3, -0.25) is 4.79 Å². The van der Waals surface area contributed by atoms with E-state index in [2.05, 4.69) is 12.2 Å². The van der Waals surface area contributed by atoms with Gasteiger partial charge in [0.05, 0.1) is 12.5 Å². The van der Waals surface area contributed by atoms with Gasteiger partial charge in [0.2, 0.25) is 5.43 Å². The van der Waals surface area contributed by atoms with Crippen LogP contribution in [0.1, 0.15) is 19.8 Å². The molecular formula is C21H25NO6. The van der Waals surface area contributed by atoms with E-state index in [0.717, 1.165) is 19.4 Å². The van der Waals surface area contributed by atoms with Gasteiger partial charge in [-0.1, -0.05) is 19.4 Å². The van der Waals surface area contributed by atoms with Crippen molar-refractivity contribution in [3.63, 3.8) is 0 Å². The average molecular weight is 387 g/mol. The van der Waals surface area contributed by atoms with Gasteiger partial charge in [-0.2, -0.15) is 0 Å². The Morgan fingerprint density at radius 1 is 1.29 bits per heavy atom. The highest BCUT2D eigenvalue weighted by Gasteiger charge is 2.16. The lowest BCUT2D eigenvalue weighted by Gasteiger charge is -2.14. The van der Waals surface area contributed by atoms with Crippen molar-refractivity contribution in [1.29, 1.82) is 0 Å². The normalized spacial score (nSPS) is 12.4. The second kappa shape index (κ2) is 8.95. The number of methoxy groups -OCH3 is 1. The molecule has 28 heavy (non-hydrogen) atoms. The van der Waals surface area contributed by atoms with Crippen LogP contribution < -0.4 is 20.2 Å². The molecule has 0 fully saturated rings. The zero-order valence-corrected chi connectivity index (χ0v) is 16.0. The molecule has 0 aliphatic heterocycles. The number of hydrogen-bond acceptors (Lipinski definition) is 7. The third-order valence-corrected chi connectivity index (χ3v) is 4.47. The summed E-state index contributed by atoms with van der Waals surface area (Å²) < 4.78 is 16.7. The van der Waals surface area contributed by atoms with Crippen LogP contribution in [0.2, 0.25) is 0 Å². The number of fused-ring (bicyclic) bond motifs is 2. The zero-order chi connectivity index (χ0) is 20.1. The molecule has 0 bridgehead atoms. The van der Waals surface area contributed by atoms with Crippen LogP contribution in [-0.2, 0) is 0 Å². The number of phenolic OH excluding ortho intramolecular Hbond substituents is 1. The molecule has 1 heterocycles. The van der Waals surface area contributed by atoms with Gasteiger partial charge in [-0.15, -0.1) is 0 Å². The van der Waals surface area contributed by atoms with Crippen molar-refractivity contribution in [2.75, 3.05) is 26.8 Å². The van der Waals surface area contributed by atoms with Gasteiger partial charge in [0, 0.05) is 18.7 Å². The minimum Gasteiger partial charge on any atom is -0.507 e. The van der Waals surface area contributed by atoms with Crippen LogP contribution in [0.25, 0.3) is 21.9 Å². The lowest BCUT2D eigenvalue weighted by Crippen LogP contribution is -2.31. The van der Waals surface area contributed by atoms with E-state index in [1.807, 2.05) is 0 Å². The lowest BCUT2D eigenvalue weighted by atomic mass is 10.1. The predicted molar refractivity (Wildman–Crippen MR) is 107 cm³/mol. The van der Waals surface area contributed by atoms with Crippen LogP contribution >= 0.6 is 0 Å². The molecule has 0 saturated heterocycles. The summed E-state index contributed by atoms with van der Waals surface area (Å²) in [6.45, 7) is 3.40. The van der Waals surface area contributed by atoms with Crippen molar-refractivity contribution >= 4 is 21.9 Å². The number of aromatic hydroxyl groups is 1. The van der Waals surface area contributed by atoms with Crippen LogP contribution in [0, 0.1) is 0 Å². The molecule has 150 valence electrons. The fourth-order valence-corrected chi connectivity index (χ4v) is 3.00. The van der Waals surface area contributed by atoms with Crippen molar-refractivity contribution in [1.82, 2.24) is 5.32 Å². The van der Waals surface area contributed by atoms with Crippen molar-refractivity contribution in [2.24, 2.45) is 0 Å². The Kier molecular flexibility index (Phi) is 6.38. The number of aliphatic hydroxyl groups is 1. The van der Waals surface area contributed by atoms with Crippen LogP contribution in [0.4, 0.5) is 0 Å². The van der Waals surface area contributed by atoms with E-state index in [0.29, 0.717) is 29.0 Å². The lowest BCUT2D eigenvalue weighted by molar-refractivity contribution is 0.106. The summed E-state index contributed by atoms with van der Waals surface area (Å²) in [6, 6.07) is 7.88.